The number of allylic oxidation sites excluding steroid dienone is 4. The summed E-state index contributed by atoms with van der Waals surface area (Å²) in [6.07, 6.45) is 14.0. The standard InChI is InChI=1S/2C8H7O.C8H12.Pt/c2*1-7(9)8-5-3-2-4-6-8;1-2-4-6-8-7-5-3-1;/h2*3-6H,1H3;1-2,7-8H,3-6H2;. The van der Waals surface area contributed by atoms with Gasteiger partial charge in [-0.15, -0.1) is 0 Å². The van der Waals surface area contributed by atoms with Crippen LogP contribution in [0.2, 0.25) is 0 Å². The van der Waals surface area contributed by atoms with Gasteiger partial charge in [-0.05, 0) is 25.7 Å². The van der Waals surface area contributed by atoms with Crippen molar-refractivity contribution in [3.63, 3.8) is 0 Å². The summed E-state index contributed by atoms with van der Waals surface area (Å²) in [6.45, 7) is 3.15. The molecule has 0 spiro atoms. The second-order valence-electron chi connectivity index (χ2n) is 6.23. The maximum absolute atomic E-state index is 11.2. The van der Waals surface area contributed by atoms with Crippen LogP contribution < -0.4 is 7.91 Å². The zero-order valence-electron chi connectivity index (χ0n) is 15.9. The van der Waals surface area contributed by atoms with Crippen LogP contribution >= 0.6 is 0 Å². The molecule has 0 aliphatic heterocycles. The molecule has 0 atom stereocenters. The van der Waals surface area contributed by atoms with Crippen LogP contribution in [0.5, 0.6) is 0 Å². The Labute approximate surface area is 170 Å². The zero-order chi connectivity index (χ0) is 19.5. The van der Waals surface area contributed by atoms with Gasteiger partial charge in [0.15, 0.2) is 0 Å². The number of ketones is 2. The first-order valence-corrected chi connectivity index (χ1v) is 11.4. The van der Waals surface area contributed by atoms with Gasteiger partial charge >= 0.3 is 121 Å². The van der Waals surface area contributed by atoms with E-state index in [9.17, 15) is 9.59 Å². The Bertz CT molecular complexity index is 718. The Morgan fingerprint density at radius 3 is 1.15 bits per heavy atom. The van der Waals surface area contributed by atoms with Crippen molar-refractivity contribution in [1.29, 1.82) is 0 Å². The van der Waals surface area contributed by atoms with Gasteiger partial charge in [0.05, 0.1) is 0 Å². The summed E-state index contributed by atoms with van der Waals surface area (Å²) >= 11 is -0.270. The summed E-state index contributed by atoms with van der Waals surface area (Å²) in [5.74, 6) is 0.186. The van der Waals surface area contributed by atoms with Crippen molar-refractivity contribution in [3.05, 3.63) is 84.0 Å². The Hall–Kier alpha value is -2.05. The van der Waals surface area contributed by atoms with Crippen LogP contribution in [0.15, 0.2) is 72.8 Å². The molecule has 0 amide bonds. The number of hydrogen-bond donors (Lipinski definition) is 0. The molecule has 0 unspecified atom stereocenters. The normalized spacial score (nSPS) is 13.3. The molecule has 144 valence electrons. The van der Waals surface area contributed by atoms with E-state index in [0.717, 1.165) is 11.1 Å². The molecule has 2 nitrogen and oxygen atoms in total. The molecule has 3 heteroatoms. The summed E-state index contributed by atoms with van der Waals surface area (Å²) in [5, 5.41) is 0. The van der Waals surface area contributed by atoms with Crippen LogP contribution in [0, 0.1) is 0 Å². The van der Waals surface area contributed by atoms with E-state index in [1.54, 1.807) is 13.8 Å². The molecule has 0 bridgehead atoms. The molecule has 2 aromatic rings. The third-order valence-electron chi connectivity index (χ3n) is 3.98. The number of hydrogen-bond acceptors (Lipinski definition) is 2. The predicted octanol–water partition coefficient (Wildman–Crippen LogP) is 4.80. The van der Waals surface area contributed by atoms with Crippen LogP contribution in [-0.2, 0) is 18.6 Å². The first-order chi connectivity index (χ1) is 13.1. The van der Waals surface area contributed by atoms with Crippen LogP contribution in [0.25, 0.3) is 0 Å². The Morgan fingerprint density at radius 2 is 0.889 bits per heavy atom. The van der Waals surface area contributed by atoms with E-state index in [2.05, 4.69) is 24.3 Å². The van der Waals surface area contributed by atoms with Gasteiger partial charge in [0.25, 0.3) is 0 Å². The van der Waals surface area contributed by atoms with E-state index in [1.807, 2.05) is 48.5 Å². The quantitative estimate of drug-likeness (QED) is 0.412. The van der Waals surface area contributed by atoms with Gasteiger partial charge in [0.2, 0.25) is 0 Å². The Balaban J connectivity index is 0.000000273. The van der Waals surface area contributed by atoms with Gasteiger partial charge in [-0.2, -0.15) is 0 Å². The molecule has 0 aromatic heterocycles. The van der Waals surface area contributed by atoms with E-state index in [4.69, 9.17) is 0 Å². The van der Waals surface area contributed by atoms with Gasteiger partial charge in [-0.1, -0.05) is 24.3 Å². The van der Waals surface area contributed by atoms with Crippen LogP contribution in [0.4, 0.5) is 0 Å². The van der Waals surface area contributed by atoms with Crippen molar-refractivity contribution in [2.45, 2.75) is 39.5 Å². The molecule has 0 fully saturated rings. The molecule has 0 saturated heterocycles. The molecule has 0 radical (unpaired) electrons. The maximum atomic E-state index is 11.2. The van der Waals surface area contributed by atoms with Crippen molar-refractivity contribution in [1.82, 2.24) is 0 Å². The molecule has 1 aliphatic carbocycles. The number of Topliss-reactive ketones (excluding diaryl/α,β-unsaturated/α-hetero) is 2. The van der Waals surface area contributed by atoms with Gasteiger partial charge < -0.3 is 0 Å². The summed E-state index contributed by atoms with van der Waals surface area (Å²) < 4.78 is 2.53. The predicted molar refractivity (Wildman–Crippen MR) is 109 cm³/mol. The molecule has 0 saturated carbocycles. The zero-order valence-corrected chi connectivity index (χ0v) is 18.2. The molecular formula is C24H26O2Pt. The Kier molecular flexibility index (Phi) is 9.14. The number of benzene rings is 2. The van der Waals surface area contributed by atoms with Gasteiger partial charge in [0, 0.05) is 0 Å². The van der Waals surface area contributed by atoms with Crippen molar-refractivity contribution in [3.8, 4) is 0 Å². The minimum absolute atomic E-state index is 0.0932. The fourth-order valence-electron chi connectivity index (χ4n) is 2.42. The molecule has 0 N–H and O–H groups in total. The molecule has 3 rings (SSSR count). The van der Waals surface area contributed by atoms with Gasteiger partial charge in [-0.25, -0.2) is 0 Å². The third-order valence-corrected chi connectivity index (χ3v) is 6.80. The first kappa shape index (κ1) is 21.3. The molecule has 1 aliphatic rings. The van der Waals surface area contributed by atoms with Gasteiger partial charge in [-0.3, -0.25) is 0 Å². The average Bonchev–Trinajstić information content (AvgIpc) is 2.62. The average molecular weight is 542 g/mol. The fourth-order valence-corrected chi connectivity index (χ4v) is 4.69. The summed E-state index contributed by atoms with van der Waals surface area (Å²) in [6, 6.07) is 15.6. The molecule has 0 heterocycles. The molecule has 2 aromatic carbocycles. The molecular weight excluding hydrogens is 515 g/mol. The molecule has 27 heavy (non-hydrogen) atoms. The van der Waals surface area contributed by atoms with E-state index in [1.165, 1.54) is 33.6 Å². The van der Waals surface area contributed by atoms with Crippen molar-refractivity contribution < 1.29 is 28.2 Å². The van der Waals surface area contributed by atoms with Crippen LogP contribution in [-0.4, -0.2) is 11.6 Å². The van der Waals surface area contributed by atoms with Crippen molar-refractivity contribution in [2.75, 3.05) is 0 Å². The SMILES string of the molecule is C1=CCCC=CCC1.CC(=O)c1cc[c]([Pt][c]2ccc(C(C)=O)cc2)cc1. The first-order valence-electron chi connectivity index (χ1n) is 9.17. The monoisotopic (exact) mass is 541 g/mol. The minimum atomic E-state index is -0.270. The van der Waals surface area contributed by atoms with Crippen LogP contribution in [0.3, 0.4) is 0 Å². The summed E-state index contributed by atoms with van der Waals surface area (Å²) in [7, 11) is 0. The third kappa shape index (κ3) is 8.01. The second-order valence-corrected chi connectivity index (χ2v) is 9.42. The van der Waals surface area contributed by atoms with Crippen molar-refractivity contribution in [2.24, 2.45) is 0 Å². The van der Waals surface area contributed by atoms with E-state index in [0.29, 0.717) is 0 Å². The topological polar surface area (TPSA) is 34.1 Å². The summed E-state index contributed by atoms with van der Waals surface area (Å²) in [5.41, 5.74) is 1.50. The van der Waals surface area contributed by atoms with E-state index in [-0.39, 0.29) is 30.1 Å². The van der Waals surface area contributed by atoms with E-state index < -0.39 is 0 Å². The Morgan fingerprint density at radius 1 is 0.593 bits per heavy atom. The second kappa shape index (κ2) is 11.6. The fraction of sp³-hybridized carbons (Fsp3) is 0.250. The number of carbonyl (C=O) groups excluding carboxylic acids is 2. The number of rotatable bonds is 4. The number of carbonyl (C=O) groups is 2. The summed E-state index contributed by atoms with van der Waals surface area (Å²) in [4.78, 5) is 22.4. The van der Waals surface area contributed by atoms with Crippen LogP contribution in [0.1, 0.15) is 60.2 Å². The van der Waals surface area contributed by atoms with E-state index >= 15 is 0 Å². The van der Waals surface area contributed by atoms with Crippen molar-refractivity contribution >= 4 is 19.5 Å². The van der Waals surface area contributed by atoms with Gasteiger partial charge in [0.1, 0.15) is 0 Å².